The molecule has 0 unspecified atom stereocenters. The zero-order chi connectivity index (χ0) is 23.3. The molecule has 2 N–H and O–H groups in total. The van der Waals surface area contributed by atoms with Crippen LogP contribution in [0.15, 0.2) is 77.7 Å². The van der Waals surface area contributed by atoms with E-state index >= 15 is 0 Å². The predicted molar refractivity (Wildman–Crippen MR) is 133 cm³/mol. The first-order valence-electron chi connectivity index (χ1n) is 9.47. The number of sulfonamides is 1. The van der Waals surface area contributed by atoms with Crippen LogP contribution in [0.1, 0.15) is 17.3 Å². The Kier molecular flexibility index (Phi) is 7.73. The SMILES string of the molecule is CCN(c1ccccc1)S(=O)(=O)c1ccc(NC(=S)NC(=O)c2cc(Cl)cc(Cl)c2)cc1. The summed E-state index contributed by atoms with van der Waals surface area (Å²) in [6, 6.07) is 19.4. The second-order valence-corrected chi connectivity index (χ2v) is 9.74. The van der Waals surface area contributed by atoms with Crippen LogP contribution in [0.3, 0.4) is 0 Å². The molecule has 0 saturated heterocycles. The first-order valence-corrected chi connectivity index (χ1v) is 12.1. The molecule has 0 radical (unpaired) electrons. The Morgan fingerprint density at radius 1 is 0.969 bits per heavy atom. The number of hydrogen-bond donors (Lipinski definition) is 2. The van der Waals surface area contributed by atoms with Gasteiger partial charge in [-0.15, -0.1) is 0 Å². The highest BCUT2D eigenvalue weighted by Gasteiger charge is 2.23. The number of nitrogens with one attached hydrogen (secondary N) is 2. The molecule has 3 rings (SSSR count). The molecule has 0 aliphatic carbocycles. The summed E-state index contributed by atoms with van der Waals surface area (Å²) in [6.07, 6.45) is 0. The summed E-state index contributed by atoms with van der Waals surface area (Å²) < 4.78 is 27.4. The Balaban J connectivity index is 1.70. The summed E-state index contributed by atoms with van der Waals surface area (Å²) >= 11 is 17.0. The summed E-state index contributed by atoms with van der Waals surface area (Å²) in [5, 5.41) is 6.08. The third-order valence-corrected chi connectivity index (χ3v) is 6.94. The van der Waals surface area contributed by atoms with Crippen LogP contribution in [0.5, 0.6) is 0 Å². The Morgan fingerprint density at radius 3 is 2.12 bits per heavy atom. The molecular weight excluding hydrogens is 489 g/mol. The van der Waals surface area contributed by atoms with Crippen molar-refractivity contribution < 1.29 is 13.2 Å². The second-order valence-electron chi connectivity index (χ2n) is 6.60. The molecule has 0 atom stereocenters. The summed E-state index contributed by atoms with van der Waals surface area (Å²) in [5.41, 5.74) is 1.36. The van der Waals surface area contributed by atoms with Crippen molar-refractivity contribution in [3.8, 4) is 0 Å². The lowest BCUT2D eigenvalue weighted by atomic mass is 10.2. The minimum Gasteiger partial charge on any atom is -0.332 e. The average Bonchev–Trinajstić information content (AvgIpc) is 2.74. The van der Waals surface area contributed by atoms with Gasteiger partial charge in [0.15, 0.2) is 5.11 Å². The summed E-state index contributed by atoms with van der Waals surface area (Å²) in [6.45, 7) is 2.06. The van der Waals surface area contributed by atoms with Crippen LogP contribution in [-0.4, -0.2) is 26.0 Å². The quantitative estimate of drug-likeness (QED) is 0.440. The number of anilines is 2. The standard InChI is InChI=1S/C22H19Cl2N3O3S2/c1-2-27(19-6-4-3-5-7-19)32(29,30)20-10-8-18(9-11-20)25-22(31)26-21(28)15-12-16(23)14-17(24)13-15/h3-14H,2H2,1H3,(H2,25,26,28,31). The van der Waals surface area contributed by atoms with Crippen LogP contribution in [0, 0.1) is 0 Å². The molecule has 1 amide bonds. The van der Waals surface area contributed by atoms with Gasteiger partial charge in [-0.2, -0.15) is 0 Å². The van der Waals surface area contributed by atoms with E-state index in [2.05, 4.69) is 10.6 Å². The van der Waals surface area contributed by atoms with Crippen LogP contribution in [-0.2, 0) is 10.0 Å². The van der Waals surface area contributed by atoms with E-state index in [1.165, 1.54) is 34.6 Å². The van der Waals surface area contributed by atoms with Crippen molar-refractivity contribution in [1.29, 1.82) is 0 Å². The Hall–Kier alpha value is -2.65. The number of hydrogen-bond acceptors (Lipinski definition) is 4. The third-order valence-electron chi connectivity index (χ3n) is 4.38. The van der Waals surface area contributed by atoms with Crippen LogP contribution in [0.4, 0.5) is 11.4 Å². The van der Waals surface area contributed by atoms with Gasteiger partial charge in [0.2, 0.25) is 0 Å². The third kappa shape index (κ3) is 5.77. The van der Waals surface area contributed by atoms with Crippen molar-refractivity contribution in [3.63, 3.8) is 0 Å². The fourth-order valence-electron chi connectivity index (χ4n) is 2.95. The molecular formula is C22H19Cl2N3O3S2. The maximum absolute atomic E-state index is 13.1. The number of halogens is 2. The molecule has 0 spiro atoms. The Morgan fingerprint density at radius 2 is 1.56 bits per heavy atom. The van der Waals surface area contributed by atoms with Crippen LogP contribution in [0.25, 0.3) is 0 Å². The maximum Gasteiger partial charge on any atom is 0.264 e. The number of nitrogens with zero attached hydrogens (tertiary/aromatic N) is 1. The second kappa shape index (κ2) is 10.3. The van der Waals surface area contributed by atoms with Gasteiger partial charge in [-0.25, -0.2) is 8.42 Å². The highest BCUT2D eigenvalue weighted by Crippen LogP contribution is 2.24. The molecule has 0 fully saturated rings. The van der Waals surface area contributed by atoms with Gasteiger partial charge in [-0.1, -0.05) is 41.4 Å². The van der Waals surface area contributed by atoms with Gasteiger partial charge in [0.25, 0.3) is 15.9 Å². The normalized spacial score (nSPS) is 11.0. The molecule has 0 aromatic heterocycles. The fraction of sp³-hybridized carbons (Fsp3) is 0.0909. The first-order chi connectivity index (χ1) is 15.2. The molecule has 0 saturated carbocycles. The van der Waals surface area contributed by atoms with Crippen molar-refractivity contribution in [2.45, 2.75) is 11.8 Å². The van der Waals surface area contributed by atoms with Crippen molar-refractivity contribution >= 4 is 67.8 Å². The molecule has 0 aliphatic heterocycles. The molecule has 10 heteroatoms. The van der Waals surface area contributed by atoms with E-state index in [1.807, 2.05) is 6.07 Å². The number of carbonyl (C=O) groups excluding carboxylic acids is 1. The van der Waals surface area contributed by atoms with Crippen molar-refractivity contribution in [2.24, 2.45) is 0 Å². The minimum absolute atomic E-state index is 0.0428. The molecule has 32 heavy (non-hydrogen) atoms. The van der Waals surface area contributed by atoms with Gasteiger partial charge in [0, 0.05) is 27.8 Å². The van der Waals surface area contributed by atoms with Crippen LogP contribution in [0.2, 0.25) is 10.0 Å². The lowest BCUT2D eigenvalue weighted by Gasteiger charge is -2.23. The van der Waals surface area contributed by atoms with Crippen LogP contribution >= 0.6 is 35.4 Å². The Bertz CT molecular complexity index is 1210. The predicted octanol–water partition coefficient (Wildman–Crippen LogP) is 5.34. The molecule has 0 heterocycles. The minimum atomic E-state index is -3.73. The van der Waals surface area contributed by atoms with E-state index < -0.39 is 15.9 Å². The monoisotopic (exact) mass is 507 g/mol. The molecule has 6 nitrogen and oxygen atoms in total. The number of para-hydroxylation sites is 1. The highest BCUT2D eigenvalue weighted by molar-refractivity contribution is 7.92. The van der Waals surface area contributed by atoms with Gasteiger partial charge in [-0.05, 0) is 73.7 Å². The number of carbonyl (C=O) groups is 1. The molecule has 3 aromatic carbocycles. The van der Waals surface area contributed by atoms with Gasteiger partial charge < -0.3 is 5.32 Å². The largest absolute Gasteiger partial charge is 0.332 e. The maximum atomic E-state index is 13.1. The summed E-state index contributed by atoms with van der Waals surface area (Å²) in [4.78, 5) is 12.5. The van der Waals surface area contributed by atoms with Gasteiger partial charge in [-0.3, -0.25) is 14.4 Å². The van der Waals surface area contributed by atoms with E-state index in [1.54, 1.807) is 43.3 Å². The summed E-state index contributed by atoms with van der Waals surface area (Å²) in [7, 11) is -3.73. The highest BCUT2D eigenvalue weighted by atomic mass is 35.5. The lowest BCUT2D eigenvalue weighted by molar-refractivity contribution is 0.0977. The van der Waals surface area contributed by atoms with E-state index in [0.29, 0.717) is 21.4 Å². The molecule has 0 aliphatic rings. The smallest absolute Gasteiger partial charge is 0.264 e. The number of thiocarbonyl (C=S) groups is 1. The van der Waals surface area contributed by atoms with Gasteiger partial charge in [0.1, 0.15) is 0 Å². The fourth-order valence-corrected chi connectivity index (χ4v) is 5.16. The van der Waals surface area contributed by atoms with Crippen molar-refractivity contribution in [3.05, 3.63) is 88.4 Å². The van der Waals surface area contributed by atoms with E-state index in [4.69, 9.17) is 35.4 Å². The van der Waals surface area contributed by atoms with E-state index in [-0.39, 0.29) is 22.1 Å². The molecule has 0 bridgehead atoms. The zero-order valence-corrected chi connectivity index (χ0v) is 20.0. The van der Waals surface area contributed by atoms with E-state index in [0.717, 1.165) is 0 Å². The van der Waals surface area contributed by atoms with Crippen molar-refractivity contribution in [1.82, 2.24) is 5.32 Å². The van der Waals surface area contributed by atoms with Gasteiger partial charge in [0.05, 0.1) is 10.6 Å². The summed E-state index contributed by atoms with van der Waals surface area (Å²) in [5.74, 6) is -0.479. The number of benzene rings is 3. The number of amides is 1. The van der Waals surface area contributed by atoms with E-state index in [9.17, 15) is 13.2 Å². The topological polar surface area (TPSA) is 78.5 Å². The molecule has 3 aromatic rings. The molecule has 166 valence electrons. The Labute approximate surface area is 202 Å². The number of rotatable bonds is 6. The zero-order valence-electron chi connectivity index (χ0n) is 16.9. The van der Waals surface area contributed by atoms with Crippen LogP contribution < -0.4 is 14.9 Å². The average molecular weight is 508 g/mol. The van der Waals surface area contributed by atoms with Crippen molar-refractivity contribution in [2.75, 3.05) is 16.2 Å². The lowest BCUT2D eigenvalue weighted by Crippen LogP contribution is -2.34. The first kappa shape index (κ1) is 24.0. The van der Waals surface area contributed by atoms with Gasteiger partial charge >= 0.3 is 0 Å².